The third-order valence-electron chi connectivity index (χ3n) is 0.776. The number of carboxylic acid groups (broad SMARTS) is 1. The van der Waals surface area contributed by atoms with Gasteiger partial charge in [0.05, 0.1) is 0 Å². The molecule has 3 nitrogen and oxygen atoms in total. The fraction of sp³-hybridized carbons (Fsp3) is 0.667. The molecule has 0 aliphatic rings. The van der Waals surface area contributed by atoms with Crippen molar-refractivity contribution in [3.8, 4) is 0 Å². The standard InChI is InChI=1S/C6H9FO3S/c1-3(2)11-6(10)4(7)5(8)9/h3-4H,1-2H3,(H,8,9). The number of thioether (sulfide) groups is 1. The number of carboxylic acids is 1. The van der Waals surface area contributed by atoms with Crippen LogP contribution in [0.1, 0.15) is 13.8 Å². The summed E-state index contributed by atoms with van der Waals surface area (Å²) < 4.78 is 12.3. The van der Waals surface area contributed by atoms with Gasteiger partial charge in [0.2, 0.25) is 5.12 Å². The van der Waals surface area contributed by atoms with Crippen LogP contribution < -0.4 is 0 Å². The molecule has 0 aromatic heterocycles. The molecule has 0 saturated carbocycles. The van der Waals surface area contributed by atoms with Gasteiger partial charge < -0.3 is 5.11 Å². The zero-order valence-electron chi connectivity index (χ0n) is 6.20. The van der Waals surface area contributed by atoms with Crippen LogP contribution >= 0.6 is 11.8 Å². The molecule has 1 atom stereocenters. The predicted octanol–water partition coefficient (Wildman–Crippen LogP) is 1.08. The van der Waals surface area contributed by atoms with Gasteiger partial charge in [-0.3, -0.25) is 4.79 Å². The smallest absolute Gasteiger partial charge is 0.347 e. The largest absolute Gasteiger partial charge is 0.479 e. The fourth-order valence-electron chi connectivity index (χ4n) is 0.393. The van der Waals surface area contributed by atoms with Crippen molar-refractivity contribution in [1.82, 2.24) is 0 Å². The lowest BCUT2D eigenvalue weighted by atomic mass is 10.4. The maximum Gasteiger partial charge on any atom is 0.347 e. The summed E-state index contributed by atoms with van der Waals surface area (Å²) in [4.78, 5) is 20.5. The topological polar surface area (TPSA) is 54.4 Å². The van der Waals surface area contributed by atoms with Crippen LogP contribution in [0.4, 0.5) is 4.39 Å². The highest BCUT2D eigenvalue weighted by Crippen LogP contribution is 2.14. The SMILES string of the molecule is CC(C)SC(=O)C(F)C(=O)O. The van der Waals surface area contributed by atoms with Gasteiger partial charge in [-0.2, -0.15) is 0 Å². The Morgan fingerprint density at radius 1 is 1.45 bits per heavy atom. The first kappa shape index (κ1) is 10.4. The second-order valence-electron chi connectivity index (χ2n) is 2.19. The molecule has 64 valence electrons. The molecule has 0 fully saturated rings. The monoisotopic (exact) mass is 180 g/mol. The van der Waals surface area contributed by atoms with Crippen molar-refractivity contribution in [3.05, 3.63) is 0 Å². The van der Waals surface area contributed by atoms with Crippen LogP contribution in [0.25, 0.3) is 0 Å². The normalized spacial score (nSPS) is 13.1. The van der Waals surface area contributed by atoms with Crippen molar-refractivity contribution in [2.24, 2.45) is 0 Å². The minimum atomic E-state index is -2.39. The summed E-state index contributed by atoms with van der Waals surface area (Å²) in [6.45, 7) is 3.38. The van der Waals surface area contributed by atoms with Crippen LogP contribution in [0.5, 0.6) is 0 Å². The molecule has 11 heavy (non-hydrogen) atoms. The molecular weight excluding hydrogens is 171 g/mol. The molecule has 0 saturated heterocycles. The number of rotatable bonds is 3. The van der Waals surface area contributed by atoms with Gasteiger partial charge in [0, 0.05) is 5.25 Å². The van der Waals surface area contributed by atoms with Crippen molar-refractivity contribution in [2.75, 3.05) is 0 Å². The molecule has 5 heteroatoms. The zero-order valence-corrected chi connectivity index (χ0v) is 7.02. The van der Waals surface area contributed by atoms with E-state index in [1.165, 1.54) is 0 Å². The molecule has 0 bridgehead atoms. The number of hydrogen-bond donors (Lipinski definition) is 1. The van der Waals surface area contributed by atoms with E-state index in [4.69, 9.17) is 5.11 Å². The van der Waals surface area contributed by atoms with Gasteiger partial charge in [-0.1, -0.05) is 25.6 Å². The second kappa shape index (κ2) is 4.33. The van der Waals surface area contributed by atoms with Gasteiger partial charge in [-0.05, 0) is 0 Å². The summed E-state index contributed by atoms with van der Waals surface area (Å²) in [7, 11) is 0. The number of halogens is 1. The van der Waals surface area contributed by atoms with Crippen LogP contribution in [-0.2, 0) is 9.59 Å². The van der Waals surface area contributed by atoms with Crippen LogP contribution in [-0.4, -0.2) is 27.6 Å². The molecule has 0 amide bonds. The van der Waals surface area contributed by atoms with Crippen LogP contribution in [0, 0.1) is 0 Å². The van der Waals surface area contributed by atoms with Gasteiger partial charge in [0.25, 0.3) is 6.17 Å². The van der Waals surface area contributed by atoms with Crippen molar-refractivity contribution in [1.29, 1.82) is 0 Å². The lowest BCUT2D eigenvalue weighted by Crippen LogP contribution is -2.23. The Hall–Kier alpha value is -0.580. The first-order chi connectivity index (χ1) is 4.95. The van der Waals surface area contributed by atoms with Crippen molar-refractivity contribution >= 4 is 22.8 Å². The van der Waals surface area contributed by atoms with Crippen LogP contribution in [0.2, 0.25) is 0 Å². The maximum absolute atomic E-state index is 12.3. The Morgan fingerprint density at radius 3 is 2.18 bits per heavy atom. The van der Waals surface area contributed by atoms with E-state index in [9.17, 15) is 14.0 Å². The van der Waals surface area contributed by atoms with Gasteiger partial charge in [-0.25, -0.2) is 9.18 Å². The average molecular weight is 180 g/mol. The molecule has 1 unspecified atom stereocenters. The maximum atomic E-state index is 12.3. The molecule has 0 radical (unpaired) electrons. The van der Waals surface area contributed by atoms with Crippen molar-refractivity contribution in [3.63, 3.8) is 0 Å². The number of carbonyl (C=O) groups is 2. The zero-order chi connectivity index (χ0) is 9.02. The number of aliphatic carboxylic acids is 1. The highest BCUT2D eigenvalue weighted by atomic mass is 32.2. The summed E-state index contributed by atoms with van der Waals surface area (Å²) in [6.07, 6.45) is -2.39. The third kappa shape index (κ3) is 3.98. The molecule has 0 rings (SSSR count). The summed E-state index contributed by atoms with van der Waals surface area (Å²) in [5, 5.41) is 7.04. The minimum Gasteiger partial charge on any atom is -0.479 e. The van der Waals surface area contributed by atoms with E-state index in [0.29, 0.717) is 11.8 Å². The first-order valence-electron chi connectivity index (χ1n) is 3.02. The fourth-order valence-corrected chi connectivity index (χ4v) is 1.08. The summed E-state index contributed by atoms with van der Waals surface area (Å²) in [5.41, 5.74) is 0. The molecule has 0 spiro atoms. The Bertz CT molecular complexity index is 169. The Kier molecular flexibility index (Phi) is 4.10. The summed E-state index contributed by atoms with van der Waals surface area (Å²) >= 11 is 0.696. The predicted molar refractivity (Wildman–Crippen MR) is 40.3 cm³/mol. The minimum absolute atomic E-state index is 0.0832. The lowest BCUT2D eigenvalue weighted by Gasteiger charge is -2.03. The van der Waals surface area contributed by atoms with E-state index in [2.05, 4.69) is 0 Å². The van der Waals surface area contributed by atoms with E-state index >= 15 is 0 Å². The van der Waals surface area contributed by atoms with Crippen LogP contribution in [0.3, 0.4) is 0 Å². The van der Waals surface area contributed by atoms with E-state index in [1.807, 2.05) is 0 Å². The van der Waals surface area contributed by atoms with Crippen LogP contribution in [0.15, 0.2) is 0 Å². The number of carbonyl (C=O) groups excluding carboxylic acids is 1. The molecule has 0 aliphatic carbocycles. The van der Waals surface area contributed by atoms with Gasteiger partial charge in [-0.15, -0.1) is 0 Å². The second-order valence-corrected chi connectivity index (χ2v) is 3.77. The van der Waals surface area contributed by atoms with Gasteiger partial charge in [0.15, 0.2) is 0 Å². The molecule has 1 N–H and O–H groups in total. The highest BCUT2D eigenvalue weighted by molar-refractivity contribution is 8.14. The first-order valence-corrected chi connectivity index (χ1v) is 3.90. The molecule has 0 aromatic rings. The van der Waals surface area contributed by atoms with Gasteiger partial charge >= 0.3 is 5.97 Å². The van der Waals surface area contributed by atoms with E-state index in [0.717, 1.165) is 0 Å². The molecular formula is C6H9FO3S. The molecule has 0 aromatic carbocycles. The van der Waals surface area contributed by atoms with Crippen molar-refractivity contribution < 1.29 is 19.1 Å². The third-order valence-corrected chi connectivity index (χ3v) is 1.69. The number of alkyl halides is 1. The van der Waals surface area contributed by atoms with E-state index in [-0.39, 0.29) is 5.25 Å². The average Bonchev–Trinajstić information content (AvgIpc) is 1.84. The molecule has 0 aliphatic heterocycles. The van der Waals surface area contributed by atoms with Gasteiger partial charge in [0.1, 0.15) is 0 Å². The van der Waals surface area contributed by atoms with E-state index in [1.54, 1.807) is 13.8 Å². The summed E-state index contributed by atoms with van der Waals surface area (Å²) in [5.74, 6) is -1.72. The van der Waals surface area contributed by atoms with Crippen molar-refractivity contribution in [2.45, 2.75) is 25.3 Å². The number of hydrogen-bond acceptors (Lipinski definition) is 3. The molecule has 0 heterocycles. The summed E-state index contributed by atoms with van der Waals surface area (Å²) in [6, 6.07) is 0. The lowest BCUT2D eigenvalue weighted by molar-refractivity contribution is -0.145. The van der Waals surface area contributed by atoms with E-state index < -0.39 is 17.3 Å². The Labute approximate surface area is 68.0 Å². The quantitative estimate of drug-likeness (QED) is 0.660. The highest BCUT2D eigenvalue weighted by Gasteiger charge is 2.26. The Morgan fingerprint density at radius 2 is 1.91 bits per heavy atom. The Balaban J connectivity index is 3.93.